The van der Waals surface area contributed by atoms with Gasteiger partial charge in [-0.1, -0.05) is 30.3 Å². The van der Waals surface area contributed by atoms with Crippen LogP contribution in [0.15, 0.2) is 48.1 Å². The normalized spacial score (nSPS) is 19.4. The minimum absolute atomic E-state index is 0.245. The number of piperazine rings is 1. The highest BCUT2D eigenvalue weighted by molar-refractivity contribution is 7.16. The summed E-state index contributed by atoms with van der Waals surface area (Å²) in [4.78, 5) is 27.9. The van der Waals surface area contributed by atoms with Gasteiger partial charge >= 0.3 is 0 Å². The Morgan fingerprint density at radius 2 is 1.76 bits per heavy atom. The van der Waals surface area contributed by atoms with Crippen LogP contribution < -0.4 is 4.90 Å². The Bertz CT molecular complexity index is 992. The van der Waals surface area contributed by atoms with Crippen LogP contribution in [0.5, 0.6) is 0 Å². The van der Waals surface area contributed by atoms with Crippen molar-refractivity contribution in [2.24, 2.45) is 0 Å². The number of carbonyl (C=O) groups excluding carboxylic acids is 1. The number of aromatic nitrogens is 2. The zero-order chi connectivity index (χ0) is 19.7. The van der Waals surface area contributed by atoms with Gasteiger partial charge in [-0.05, 0) is 29.9 Å². The molecule has 4 heterocycles. The largest absolute Gasteiger partial charge is 0.381 e. The molecule has 0 N–H and O–H groups in total. The Morgan fingerprint density at radius 1 is 1.00 bits per heavy atom. The van der Waals surface area contributed by atoms with Crippen molar-refractivity contribution in [1.29, 1.82) is 0 Å². The van der Waals surface area contributed by atoms with E-state index >= 15 is 0 Å². The van der Waals surface area contributed by atoms with E-state index in [9.17, 15) is 4.79 Å². The molecule has 0 spiro atoms. The minimum atomic E-state index is -0.461. The molecule has 1 aromatic carbocycles. The smallest absolute Gasteiger partial charge is 0.233 e. The molecule has 0 atom stereocenters. The van der Waals surface area contributed by atoms with Crippen LogP contribution in [0.25, 0.3) is 10.2 Å². The molecule has 2 aromatic heterocycles. The third kappa shape index (κ3) is 3.28. The van der Waals surface area contributed by atoms with Crippen LogP contribution in [0, 0.1) is 0 Å². The second-order valence-corrected chi connectivity index (χ2v) is 8.57. The highest BCUT2D eigenvalue weighted by Gasteiger charge is 2.44. The number of benzene rings is 1. The monoisotopic (exact) mass is 408 g/mol. The summed E-state index contributed by atoms with van der Waals surface area (Å²) < 4.78 is 5.60. The summed E-state index contributed by atoms with van der Waals surface area (Å²) >= 11 is 1.63. The highest BCUT2D eigenvalue weighted by Crippen LogP contribution is 2.37. The molecule has 29 heavy (non-hydrogen) atoms. The van der Waals surface area contributed by atoms with Crippen molar-refractivity contribution in [2.45, 2.75) is 18.3 Å². The Labute approximate surface area is 174 Å². The minimum Gasteiger partial charge on any atom is -0.381 e. The molecule has 2 aliphatic rings. The van der Waals surface area contributed by atoms with Crippen molar-refractivity contribution in [3.8, 4) is 0 Å². The number of rotatable bonds is 3. The van der Waals surface area contributed by atoms with E-state index in [1.807, 2.05) is 23.1 Å². The van der Waals surface area contributed by atoms with Gasteiger partial charge in [-0.2, -0.15) is 0 Å². The SMILES string of the molecule is O=C(N1CCN(c2ncnc3sccc23)CC1)C1(c2ccccc2)CCOCC1. The number of ether oxygens (including phenoxy) is 1. The summed E-state index contributed by atoms with van der Waals surface area (Å²) in [7, 11) is 0. The van der Waals surface area contributed by atoms with Gasteiger partial charge in [0.15, 0.2) is 0 Å². The van der Waals surface area contributed by atoms with Gasteiger partial charge in [0.1, 0.15) is 17.0 Å². The Kier molecular flexibility index (Phi) is 4.93. The fourth-order valence-corrected chi connectivity index (χ4v) is 5.28. The molecule has 0 radical (unpaired) electrons. The molecular weight excluding hydrogens is 384 g/mol. The zero-order valence-electron chi connectivity index (χ0n) is 16.3. The number of fused-ring (bicyclic) bond motifs is 1. The summed E-state index contributed by atoms with van der Waals surface area (Å²) in [5.41, 5.74) is 0.656. The average Bonchev–Trinajstić information content (AvgIpc) is 3.29. The first-order chi connectivity index (χ1) is 14.3. The zero-order valence-corrected chi connectivity index (χ0v) is 17.1. The van der Waals surface area contributed by atoms with Crippen molar-refractivity contribution in [3.63, 3.8) is 0 Å². The molecule has 1 amide bonds. The third-order valence-electron chi connectivity index (χ3n) is 6.19. The fraction of sp³-hybridized carbons (Fsp3) is 0.409. The number of carbonyl (C=O) groups is 1. The van der Waals surface area contributed by atoms with Gasteiger partial charge in [0.25, 0.3) is 0 Å². The van der Waals surface area contributed by atoms with Crippen LogP contribution in [-0.4, -0.2) is 60.2 Å². The molecule has 0 aliphatic carbocycles. The van der Waals surface area contributed by atoms with E-state index in [2.05, 4.69) is 38.4 Å². The maximum absolute atomic E-state index is 13.7. The first-order valence-corrected chi connectivity index (χ1v) is 11.0. The summed E-state index contributed by atoms with van der Waals surface area (Å²) in [6, 6.07) is 12.3. The predicted octanol–water partition coefficient (Wildman–Crippen LogP) is 3.09. The van der Waals surface area contributed by atoms with Crippen molar-refractivity contribution in [1.82, 2.24) is 14.9 Å². The first kappa shape index (κ1) is 18.5. The van der Waals surface area contributed by atoms with Crippen molar-refractivity contribution >= 4 is 33.3 Å². The molecule has 0 saturated carbocycles. The van der Waals surface area contributed by atoms with E-state index in [0.29, 0.717) is 26.3 Å². The molecule has 5 rings (SSSR count). The summed E-state index contributed by atoms with van der Waals surface area (Å²) in [5.74, 6) is 1.22. The van der Waals surface area contributed by atoms with E-state index in [1.54, 1.807) is 17.7 Å². The first-order valence-electron chi connectivity index (χ1n) is 10.1. The van der Waals surface area contributed by atoms with Crippen LogP contribution in [0.1, 0.15) is 18.4 Å². The van der Waals surface area contributed by atoms with Crippen LogP contribution in [0.4, 0.5) is 5.82 Å². The molecule has 3 aromatic rings. The van der Waals surface area contributed by atoms with Gasteiger partial charge in [0.05, 0.1) is 10.8 Å². The maximum atomic E-state index is 13.7. The fourth-order valence-electron chi connectivity index (χ4n) is 4.56. The van der Waals surface area contributed by atoms with Gasteiger partial charge in [-0.25, -0.2) is 9.97 Å². The molecule has 2 fully saturated rings. The maximum Gasteiger partial charge on any atom is 0.233 e. The van der Waals surface area contributed by atoms with Gasteiger partial charge in [-0.3, -0.25) is 4.79 Å². The molecule has 2 aliphatic heterocycles. The molecular formula is C22H24N4O2S. The van der Waals surface area contributed by atoms with E-state index < -0.39 is 5.41 Å². The lowest BCUT2D eigenvalue weighted by atomic mass is 9.73. The number of hydrogen-bond donors (Lipinski definition) is 0. The lowest BCUT2D eigenvalue weighted by molar-refractivity contribution is -0.141. The number of anilines is 1. The summed E-state index contributed by atoms with van der Waals surface area (Å²) in [6.45, 7) is 4.27. The Balaban J connectivity index is 1.35. The van der Waals surface area contributed by atoms with Crippen LogP contribution >= 0.6 is 11.3 Å². The van der Waals surface area contributed by atoms with E-state index in [-0.39, 0.29) is 5.91 Å². The van der Waals surface area contributed by atoms with Gasteiger partial charge in [0.2, 0.25) is 5.91 Å². The number of hydrogen-bond acceptors (Lipinski definition) is 6. The standard InChI is InChI=1S/C22H24N4O2S/c27-21(22(7-13-28-14-8-22)17-4-2-1-3-5-17)26-11-9-25(10-12-26)19-18-6-15-29-20(18)24-16-23-19/h1-6,15-16H,7-14H2. The predicted molar refractivity (Wildman–Crippen MR) is 114 cm³/mol. The quantitative estimate of drug-likeness (QED) is 0.667. The Hall–Kier alpha value is -2.51. The highest BCUT2D eigenvalue weighted by atomic mass is 32.1. The summed E-state index contributed by atoms with van der Waals surface area (Å²) in [6.07, 6.45) is 3.13. The van der Waals surface area contributed by atoms with Gasteiger partial charge in [-0.15, -0.1) is 11.3 Å². The van der Waals surface area contributed by atoms with Gasteiger partial charge < -0.3 is 14.5 Å². The molecule has 150 valence electrons. The molecule has 0 unspecified atom stereocenters. The lowest BCUT2D eigenvalue weighted by Crippen LogP contribution is -2.56. The topological polar surface area (TPSA) is 58.6 Å². The van der Waals surface area contributed by atoms with Gasteiger partial charge in [0, 0.05) is 39.4 Å². The van der Waals surface area contributed by atoms with E-state index in [4.69, 9.17) is 4.74 Å². The molecule has 2 saturated heterocycles. The van der Waals surface area contributed by atoms with Crippen molar-refractivity contribution < 1.29 is 9.53 Å². The second-order valence-electron chi connectivity index (χ2n) is 7.68. The van der Waals surface area contributed by atoms with E-state index in [0.717, 1.165) is 47.5 Å². The number of nitrogens with zero attached hydrogens (tertiary/aromatic N) is 4. The van der Waals surface area contributed by atoms with Crippen LogP contribution in [-0.2, 0) is 14.9 Å². The summed E-state index contributed by atoms with van der Waals surface area (Å²) in [5, 5.41) is 3.15. The third-order valence-corrected chi connectivity index (χ3v) is 7.01. The number of amides is 1. The van der Waals surface area contributed by atoms with Crippen molar-refractivity contribution in [3.05, 3.63) is 53.7 Å². The second kappa shape index (κ2) is 7.72. The number of thiophene rings is 1. The van der Waals surface area contributed by atoms with Crippen LogP contribution in [0.2, 0.25) is 0 Å². The molecule has 0 bridgehead atoms. The Morgan fingerprint density at radius 3 is 2.52 bits per heavy atom. The van der Waals surface area contributed by atoms with Crippen molar-refractivity contribution in [2.75, 3.05) is 44.3 Å². The van der Waals surface area contributed by atoms with E-state index in [1.165, 1.54) is 0 Å². The molecule has 7 heteroatoms. The molecule has 6 nitrogen and oxygen atoms in total. The lowest BCUT2D eigenvalue weighted by Gasteiger charge is -2.43. The van der Waals surface area contributed by atoms with Crippen LogP contribution in [0.3, 0.4) is 0 Å². The average molecular weight is 409 g/mol.